The van der Waals surface area contributed by atoms with Crippen LogP contribution >= 0.6 is 0 Å². The Bertz CT molecular complexity index is 997. The Kier molecular flexibility index (Phi) is 4.41. The fourth-order valence-corrected chi connectivity index (χ4v) is 3.82. The molecule has 1 aliphatic heterocycles. The molecule has 4 rings (SSSR count). The van der Waals surface area contributed by atoms with Crippen LogP contribution in [0.1, 0.15) is 16.8 Å². The van der Waals surface area contributed by atoms with Crippen molar-refractivity contribution < 1.29 is 26.3 Å². The largest absolute Gasteiger partial charge is 0.417 e. The number of benzene rings is 2. The normalized spacial score (nSPS) is 15.5. The standard InChI is InChI=1S/C20H16F6N2/c21-19(22,23)15-2-1-3-16(20(24,25)26)18(15)12-4-5-17-13(10-12)11-14-6-7-27-8-9-28(14)17/h1-5,10-11,27H,6-9H2. The van der Waals surface area contributed by atoms with E-state index in [-0.39, 0.29) is 5.56 Å². The number of fused-ring (bicyclic) bond motifs is 3. The maximum absolute atomic E-state index is 13.5. The molecule has 1 aliphatic rings. The van der Waals surface area contributed by atoms with Crippen LogP contribution in [0.2, 0.25) is 0 Å². The summed E-state index contributed by atoms with van der Waals surface area (Å²) in [5, 5.41) is 3.90. The van der Waals surface area contributed by atoms with E-state index in [9.17, 15) is 26.3 Å². The molecule has 0 amide bonds. The fraction of sp³-hybridized carbons (Fsp3) is 0.300. The average molecular weight is 398 g/mol. The molecule has 0 saturated heterocycles. The molecule has 0 aliphatic carbocycles. The van der Waals surface area contributed by atoms with E-state index in [0.29, 0.717) is 24.1 Å². The predicted molar refractivity (Wildman–Crippen MR) is 94.0 cm³/mol. The van der Waals surface area contributed by atoms with E-state index in [0.717, 1.165) is 36.8 Å². The number of hydrogen-bond donors (Lipinski definition) is 1. The first-order valence-electron chi connectivity index (χ1n) is 8.77. The lowest BCUT2D eigenvalue weighted by molar-refractivity contribution is -0.142. The van der Waals surface area contributed by atoms with Crippen molar-refractivity contribution in [3.8, 4) is 11.1 Å². The summed E-state index contributed by atoms with van der Waals surface area (Å²) in [6.07, 6.45) is -9.04. The zero-order valence-corrected chi connectivity index (χ0v) is 14.6. The van der Waals surface area contributed by atoms with Crippen molar-refractivity contribution in [3.63, 3.8) is 0 Å². The number of alkyl halides is 6. The molecule has 0 unspecified atom stereocenters. The van der Waals surface area contributed by atoms with Crippen LogP contribution in [-0.2, 0) is 25.3 Å². The van der Waals surface area contributed by atoms with Gasteiger partial charge in [-0.05, 0) is 35.9 Å². The molecule has 2 nitrogen and oxygen atoms in total. The number of rotatable bonds is 1. The molecule has 2 aromatic carbocycles. The number of halogens is 6. The van der Waals surface area contributed by atoms with Crippen LogP contribution in [0.5, 0.6) is 0 Å². The molecule has 0 saturated carbocycles. The summed E-state index contributed by atoms with van der Waals surface area (Å²) in [5.74, 6) is 0. The van der Waals surface area contributed by atoms with Crippen molar-refractivity contribution in [2.45, 2.75) is 25.3 Å². The van der Waals surface area contributed by atoms with Crippen molar-refractivity contribution >= 4 is 10.9 Å². The summed E-state index contributed by atoms with van der Waals surface area (Å²) in [5.41, 5.74) is -1.67. The molecule has 2 heterocycles. The Morgan fingerprint density at radius 3 is 2.14 bits per heavy atom. The second-order valence-corrected chi connectivity index (χ2v) is 6.78. The molecule has 0 bridgehead atoms. The van der Waals surface area contributed by atoms with Crippen molar-refractivity contribution in [3.05, 3.63) is 59.3 Å². The summed E-state index contributed by atoms with van der Waals surface area (Å²) in [6.45, 7) is 2.23. The zero-order valence-electron chi connectivity index (χ0n) is 14.6. The number of hydrogen-bond acceptors (Lipinski definition) is 1. The second-order valence-electron chi connectivity index (χ2n) is 6.78. The minimum atomic E-state index is -4.89. The smallest absolute Gasteiger partial charge is 0.343 e. The third-order valence-corrected chi connectivity index (χ3v) is 5.02. The van der Waals surface area contributed by atoms with Gasteiger partial charge in [-0.25, -0.2) is 0 Å². The monoisotopic (exact) mass is 398 g/mol. The Labute approximate surface area is 156 Å². The molecular weight excluding hydrogens is 382 g/mol. The van der Waals surface area contributed by atoms with Crippen molar-refractivity contribution in [2.75, 3.05) is 13.1 Å². The van der Waals surface area contributed by atoms with Gasteiger partial charge in [-0.15, -0.1) is 0 Å². The summed E-state index contributed by atoms with van der Waals surface area (Å²) in [4.78, 5) is 0. The summed E-state index contributed by atoms with van der Waals surface area (Å²) >= 11 is 0. The lowest BCUT2D eigenvalue weighted by Crippen LogP contribution is -2.17. The zero-order chi connectivity index (χ0) is 20.1. The van der Waals surface area contributed by atoms with Crippen molar-refractivity contribution in [1.82, 2.24) is 9.88 Å². The second kappa shape index (κ2) is 6.55. The summed E-state index contributed by atoms with van der Waals surface area (Å²) in [7, 11) is 0. The van der Waals surface area contributed by atoms with E-state index in [1.807, 2.05) is 6.07 Å². The summed E-state index contributed by atoms with van der Waals surface area (Å²) < 4.78 is 82.9. The van der Waals surface area contributed by atoms with Crippen molar-refractivity contribution in [1.29, 1.82) is 0 Å². The van der Waals surface area contributed by atoms with Gasteiger partial charge in [0.2, 0.25) is 0 Å². The molecule has 0 fully saturated rings. The summed E-state index contributed by atoms with van der Waals surface area (Å²) in [6, 6.07) is 8.38. The first-order chi connectivity index (χ1) is 13.2. The molecule has 28 heavy (non-hydrogen) atoms. The van der Waals surface area contributed by atoms with Gasteiger partial charge in [0.25, 0.3) is 0 Å². The Balaban J connectivity index is 1.95. The molecule has 0 spiro atoms. The van der Waals surface area contributed by atoms with Crippen LogP contribution in [0, 0.1) is 0 Å². The van der Waals surface area contributed by atoms with E-state index in [2.05, 4.69) is 9.88 Å². The highest BCUT2D eigenvalue weighted by Gasteiger charge is 2.41. The van der Waals surface area contributed by atoms with Crippen LogP contribution in [0.15, 0.2) is 42.5 Å². The van der Waals surface area contributed by atoms with Crippen LogP contribution < -0.4 is 5.32 Å². The van der Waals surface area contributed by atoms with Crippen LogP contribution in [0.4, 0.5) is 26.3 Å². The van der Waals surface area contributed by atoms with Gasteiger partial charge in [0.05, 0.1) is 11.1 Å². The SMILES string of the molecule is FC(F)(F)c1cccc(C(F)(F)F)c1-c1ccc2c(c1)cc1n2CCNCC1. The molecule has 8 heteroatoms. The topological polar surface area (TPSA) is 17.0 Å². The van der Waals surface area contributed by atoms with Crippen LogP contribution in [-0.4, -0.2) is 17.7 Å². The Hall–Kier alpha value is -2.48. The average Bonchev–Trinajstić information content (AvgIpc) is 2.79. The number of nitrogens with one attached hydrogen (secondary N) is 1. The van der Waals surface area contributed by atoms with Gasteiger partial charge < -0.3 is 9.88 Å². The van der Waals surface area contributed by atoms with Gasteiger partial charge in [-0.3, -0.25) is 0 Å². The molecular formula is C20H16F6N2. The maximum atomic E-state index is 13.5. The molecule has 148 valence electrons. The highest BCUT2D eigenvalue weighted by molar-refractivity contribution is 5.88. The van der Waals surface area contributed by atoms with Crippen LogP contribution in [0.25, 0.3) is 22.0 Å². The maximum Gasteiger partial charge on any atom is 0.417 e. The first-order valence-corrected chi connectivity index (χ1v) is 8.77. The number of nitrogens with zero attached hydrogens (tertiary/aromatic N) is 1. The quantitative estimate of drug-likeness (QED) is 0.537. The van der Waals surface area contributed by atoms with Gasteiger partial charge in [-0.1, -0.05) is 12.1 Å². The third-order valence-electron chi connectivity index (χ3n) is 5.02. The fourth-order valence-electron chi connectivity index (χ4n) is 3.82. The van der Waals surface area contributed by atoms with Crippen LogP contribution in [0.3, 0.4) is 0 Å². The predicted octanol–water partition coefficient (Wildman–Crippen LogP) is 5.49. The highest BCUT2D eigenvalue weighted by Crippen LogP contribution is 2.45. The van der Waals surface area contributed by atoms with E-state index in [1.54, 1.807) is 6.07 Å². The van der Waals surface area contributed by atoms with E-state index < -0.39 is 29.0 Å². The first kappa shape index (κ1) is 18.9. The molecule has 1 aromatic heterocycles. The third kappa shape index (κ3) is 3.26. The van der Waals surface area contributed by atoms with E-state index in [1.165, 1.54) is 12.1 Å². The van der Waals surface area contributed by atoms with Gasteiger partial charge in [-0.2, -0.15) is 26.3 Å². The lowest BCUT2D eigenvalue weighted by Gasteiger charge is -2.19. The molecule has 0 radical (unpaired) electrons. The van der Waals surface area contributed by atoms with Gasteiger partial charge in [0.1, 0.15) is 0 Å². The van der Waals surface area contributed by atoms with E-state index >= 15 is 0 Å². The minimum Gasteiger partial charge on any atom is -0.343 e. The highest BCUT2D eigenvalue weighted by atomic mass is 19.4. The molecule has 1 N–H and O–H groups in total. The minimum absolute atomic E-state index is 0.0911. The van der Waals surface area contributed by atoms with E-state index in [4.69, 9.17) is 0 Å². The van der Waals surface area contributed by atoms with Gasteiger partial charge in [0.15, 0.2) is 0 Å². The molecule has 3 aromatic rings. The van der Waals surface area contributed by atoms with Gasteiger partial charge in [0, 0.05) is 48.2 Å². The Morgan fingerprint density at radius 1 is 0.821 bits per heavy atom. The lowest BCUT2D eigenvalue weighted by atomic mass is 9.93. The van der Waals surface area contributed by atoms with Gasteiger partial charge >= 0.3 is 12.4 Å². The van der Waals surface area contributed by atoms with Crippen molar-refractivity contribution in [2.24, 2.45) is 0 Å². The number of aromatic nitrogens is 1. The molecule has 0 atom stereocenters. The Morgan fingerprint density at radius 2 is 1.50 bits per heavy atom.